The van der Waals surface area contributed by atoms with Crippen LogP contribution in [0.2, 0.25) is 0 Å². The van der Waals surface area contributed by atoms with Crippen molar-refractivity contribution in [2.75, 3.05) is 13.3 Å². The lowest BCUT2D eigenvalue weighted by Crippen LogP contribution is -2.03. The zero-order chi connectivity index (χ0) is 13.4. The van der Waals surface area contributed by atoms with E-state index in [0.717, 1.165) is 40.3 Å². The highest BCUT2D eigenvalue weighted by molar-refractivity contribution is 5.70. The molecule has 100 valence electrons. The van der Waals surface area contributed by atoms with Gasteiger partial charge in [-0.25, -0.2) is 0 Å². The summed E-state index contributed by atoms with van der Waals surface area (Å²) in [6.45, 7) is 2.95. The molecule has 2 aromatic rings. The quantitative estimate of drug-likeness (QED) is 0.910. The number of hydrogen-bond donors (Lipinski definition) is 1. The highest BCUT2D eigenvalue weighted by atomic mass is 16.7. The van der Waals surface area contributed by atoms with Gasteiger partial charge in [-0.3, -0.25) is 4.68 Å². The normalized spacial score (nSPS) is 13.0. The van der Waals surface area contributed by atoms with Gasteiger partial charge in [-0.05, 0) is 43.1 Å². The Morgan fingerprint density at radius 3 is 2.79 bits per heavy atom. The molecule has 1 aliphatic rings. The van der Waals surface area contributed by atoms with Gasteiger partial charge in [0.25, 0.3) is 0 Å². The summed E-state index contributed by atoms with van der Waals surface area (Å²) in [5.74, 6) is 1.59. The van der Waals surface area contributed by atoms with Crippen molar-refractivity contribution in [3.8, 4) is 22.8 Å². The third-order valence-corrected chi connectivity index (χ3v) is 3.29. The van der Waals surface area contributed by atoms with Crippen LogP contribution >= 0.6 is 0 Å². The predicted octanol–water partition coefficient (Wildman–Crippen LogP) is 1.63. The average molecular weight is 259 g/mol. The maximum Gasteiger partial charge on any atom is 0.231 e. The number of aryl methyl sites for hydroxylation is 2. The average Bonchev–Trinajstić information content (AvgIpc) is 2.95. The highest BCUT2D eigenvalue weighted by Crippen LogP contribution is 2.38. The molecule has 19 heavy (non-hydrogen) atoms. The third-order valence-electron chi connectivity index (χ3n) is 3.29. The number of nitrogens with zero attached hydrogens (tertiary/aromatic N) is 2. The van der Waals surface area contributed by atoms with Crippen LogP contribution in [0.1, 0.15) is 11.1 Å². The fourth-order valence-corrected chi connectivity index (χ4v) is 2.40. The molecule has 2 N–H and O–H groups in total. The number of fused-ring (bicyclic) bond motifs is 1. The first-order valence-corrected chi connectivity index (χ1v) is 6.32. The van der Waals surface area contributed by atoms with Crippen molar-refractivity contribution in [1.29, 1.82) is 0 Å². The van der Waals surface area contributed by atoms with Crippen LogP contribution in [0.5, 0.6) is 11.5 Å². The second-order valence-corrected chi connectivity index (χ2v) is 4.74. The molecular formula is C14H17N3O2. The van der Waals surface area contributed by atoms with E-state index in [2.05, 4.69) is 12.0 Å². The maximum atomic E-state index is 5.66. The smallest absolute Gasteiger partial charge is 0.231 e. The van der Waals surface area contributed by atoms with Crippen LogP contribution in [0.4, 0.5) is 0 Å². The molecular weight excluding hydrogens is 242 g/mol. The van der Waals surface area contributed by atoms with E-state index < -0.39 is 0 Å². The number of rotatable bonds is 3. The molecule has 0 amide bonds. The van der Waals surface area contributed by atoms with E-state index in [0.29, 0.717) is 6.54 Å². The fraction of sp³-hybridized carbons (Fsp3) is 0.357. The number of hydrogen-bond acceptors (Lipinski definition) is 4. The summed E-state index contributed by atoms with van der Waals surface area (Å²) in [6, 6.07) is 4.00. The van der Waals surface area contributed by atoms with Crippen LogP contribution in [0.15, 0.2) is 18.3 Å². The number of nitrogens with two attached hydrogens (primary N) is 1. The van der Waals surface area contributed by atoms with E-state index in [9.17, 15) is 0 Å². The van der Waals surface area contributed by atoms with Crippen molar-refractivity contribution in [3.05, 3.63) is 29.5 Å². The summed E-state index contributed by atoms with van der Waals surface area (Å²) in [6.07, 6.45) is 2.84. The van der Waals surface area contributed by atoms with Gasteiger partial charge in [0, 0.05) is 18.8 Å². The van der Waals surface area contributed by atoms with E-state index >= 15 is 0 Å². The van der Waals surface area contributed by atoms with Gasteiger partial charge in [-0.1, -0.05) is 0 Å². The molecule has 0 spiro atoms. The van der Waals surface area contributed by atoms with Crippen LogP contribution in [0.25, 0.3) is 11.3 Å². The van der Waals surface area contributed by atoms with Crippen LogP contribution < -0.4 is 15.2 Å². The topological polar surface area (TPSA) is 62.3 Å². The van der Waals surface area contributed by atoms with Crippen molar-refractivity contribution >= 4 is 0 Å². The van der Waals surface area contributed by atoms with Crippen molar-refractivity contribution in [2.45, 2.75) is 13.3 Å². The lowest BCUT2D eigenvalue weighted by atomic mass is 10.0. The molecule has 0 aliphatic carbocycles. The molecule has 0 atom stereocenters. The number of ether oxygens (including phenoxy) is 2. The molecule has 0 bridgehead atoms. The van der Waals surface area contributed by atoms with E-state index in [-0.39, 0.29) is 6.79 Å². The Kier molecular flexibility index (Phi) is 2.91. The Bertz CT molecular complexity index is 619. The summed E-state index contributed by atoms with van der Waals surface area (Å²) < 4.78 is 12.6. The zero-order valence-corrected chi connectivity index (χ0v) is 11.1. The highest BCUT2D eigenvalue weighted by Gasteiger charge is 2.19. The third kappa shape index (κ3) is 2.06. The SMILES string of the molecule is Cc1cc2c(cc1-c1nn(C)cc1CCN)OCO2. The van der Waals surface area contributed by atoms with Crippen LogP contribution in [-0.2, 0) is 13.5 Å². The maximum absolute atomic E-state index is 5.66. The van der Waals surface area contributed by atoms with E-state index in [1.165, 1.54) is 0 Å². The Morgan fingerprint density at radius 2 is 2.05 bits per heavy atom. The lowest BCUT2D eigenvalue weighted by molar-refractivity contribution is 0.174. The second kappa shape index (κ2) is 4.59. The molecule has 2 heterocycles. The summed E-state index contributed by atoms with van der Waals surface area (Å²) in [4.78, 5) is 0. The first-order valence-electron chi connectivity index (χ1n) is 6.32. The Labute approximate surface area is 111 Å². The van der Waals surface area contributed by atoms with Gasteiger partial charge in [0.1, 0.15) is 0 Å². The molecule has 0 radical (unpaired) electrons. The minimum atomic E-state index is 0.288. The van der Waals surface area contributed by atoms with E-state index in [1.54, 1.807) is 0 Å². The zero-order valence-electron chi connectivity index (χ0n) is 11.1. The molecule has 1 aromatic carbocycles. The fourth-order valence-electron chi connectivity index (χ4n) is 2.40. The summed E-state index contributed by atoms with van der Waals surface area (Å²) in [7, 11) is 1.92. The Hall–Kier alpha value is -2.01. The Balaban J connectivity index is 2.11. The van der Waals surface area contributed by atoms with Crippen LogP contribution in [-0.4, -0.2) is 23.1 Å². The van der Waals surface area contributed by atoms with Gasteiger partial charge in [0.15, 0.2) is 11.5 Å². The largest absolute Gasteiger partial charge is 0.454 e. The van der Waals surface area contributed by atoms with Gasteiger partial charge >= 0.3 is 0 Å². The molecule has 3 rings (SSSR count). The molecule has 1 aromatic heterocycles. The molecule has 5 nitrogen and oxygen atoms in total. The minimum absolute atomic E-state index is 0.288. The van der Waals surface area contributed by atoms with Crippen LogP contribution in [0, 0.1) is 6.92 Å². The number of aromatic nitrogens is 2. The van der Waals surface area contributed by atoms with E-state index in [4.69, 9.17) is 15.2 Å². The molecule has 1 aliphatic heterocycles. The summed E-state index contributed by atoms with van der Waals surface area (Å²) >= 11 is 0. The Morgan fingerprint density at radius 1 is 1.32 bits per heavy atom. The van der Waals surface area contributed by atoms with Crippen molar-refractivity contribution in [2.24, 2.45) is 12.8 Å². The lowest BCUT2D eigenvalue weighted by Gasteiger charge is -2.07. The first-order chi connectivity index (χ1) is 9.19. The summed E-state index contributed by atoms with van der Waals surface area (Å²) in [5, 5.41) is 4.55. The molecule has 0 unspecified atom stereocenters. The predicted molar refractivity (Wildman–Crippen MR) is 72.3 cm³/mol. The van der Waals surface area contributed by atoms with Crippen molar-refractivity contribution in [3.63, 3.8) is 0 Å². The second-order valence-electron chi connectivity index (χ2n) is 4.74. The molecule has 0 fully saturated rings. The minimum Gasteiger partial charge on any atom is -0.454 e. The first kappa shape index (κ1) is 12.0. The van der Waals surface area contributed by atoms with Gasteiger partial charge in [0.2, 0.25) is 6.79 Å². The van der Waals surface area contributed by atoms with E-state index in [1.807, 2.05) is 30.1 Å². The van der Waals surface area contributed by atoms with Crippen molar-refractivity contribution in [1.82, 2.24) is 9.78 Å². The monoisotopic (exact) mass is 259 g/mol. The molecule has 0 saturated carbocycles. The van der Waals surface area contributed by atoms with Gasteiger partial charge < -0.3 is 15.2 Å². The number of benzene rings is 1. The molecule has 5 heteroatoms. The standard InChI is InChI=1S/C14H17N3O2/c1-9-5-12-13(19-8-18-12)6-11(9)14-10(3-4-15)7-17(2)16-14/h5-7H,3-4,8,15H2,1-2H3. The molecule has 0 saturated heterocycles. The van der Waals surface area contributed by atoms with Crippen LogP contribution in [0.3, 0.4) is 0 Å². The van der Waals surface area contributed by atoms with Gasteiger partial charge in [-0.15, -0.1) is 0 Å². The van der Waals surface area contributed by atoms with Crippen molar-refractivity contribution < 1.29 is 9.47 Å². The van der Waals surface area contributed by atoms with Gasteiger partial charge in [-0.2, -0.15) is 5.10 Å². The summed E-state index contributed by atoms with van der Waals surface area (Å²) in [5.41, 5.74) is 10.0. The van der Waals surface area contributed by atoms with Gasteiger partial charge in [0.05, 0.1) is 5.69 Å².